The summed E-state index contributed by atoms with van der Waals surface area (Å²) in [5, 5.41) is 6.36. The van der Waals surface area contributed by atoms with Gasteiger partial charge in [0.25, 0.3) is 0 Å². The van der Waals surface area contributed by atoms with Crippen molar-refractivity contribution in [3.05, 3.63) is 24.0 Å². The van der Waals surface area contributed by atoms with Crippen LogP contribution in [0.15, 0.2) is 23.3 Å². The van der Waals surface area contributed by atoms with E-state index >= 15 is 0 Å². The lowest BCUT2D eigenvalue weighted by molar-refractivity contribution is -0.125. The van der Waals surface area contributed by atoms with E-state index in [1.807, 2.05) is 26.4 Å². The Balaban J connectivity index is 1.69. The number of aryl methyl sites for hydroxylation is 1. The highest BCUT2D eigenvalue weighted by molar-refractivity contribution is 5.80. The molecule has 0 radical (unpaired) electrons. The van der Waals surface area contributed by atoms with Crippen molar-refractivity contribution in [1.82, 2.24) is 20.1 Å². The number of nitrogens with zero attached hydrogens (tertiary/aromatic N) is 3. The van der Waals surface area contributed by atoms with Gasteiger partial charge in [-0.05, 0) is 25.0 Å². The minimum Gasteiger partial charge on any atom is -0.354 e. The van der Waals surface area contributed by atoms with Crippen LogP contribution in [0.5, 0.6) is 0 Å². The highest BCUT2D eigenvalue weighted by Gasteiger charge is 2.20. The standard InChI is InChI=1S/C18H31N5O/c1-19-18(23(3)14-16-10-7-13-22(16)2)21-12-11-20-17(24)15-8-5-4-6-9-15/h7,10,13,15H,4-6,8-9,11-12,14H2,1-3H3,(H,19,21)(H,20,24). The van der Waals surface area contributed by atoms with Gasteiger partial charge in [0.05, 0.1) is 6.54 Å². The molecule has 6 nitrogen and oxygen atoms in total. The van der Waals surface area contributed by atoms with Crippen molar-refractivity contribution >= 4 is 11.9 Å². The first-order valence-corrected chi connectivity index (χ1v) is 8.91. The molecule has 0 aromatic carbocycles. The number of guanidine groups is 1. The summed E-state index contributed by atoms with van der Waals surface area (Å²) in [7, 11) is 5.84. The third-order valence-corrected chi connectivity index (χ3v) is 4.71. The van der Waals surface area contributed by atoms with Crippen molar-refractivity contribution in [3.8, 4) is 0 Å². The number of carbonyl (C=O) groups is 1. The fourth-order valence-electron chi connectivity index (χ4n) is 3.23. The summed E-state index contributed by atoms with van der Waals surface area (Å²) in [5.41, 5.74) is 1.23. The number of rotatable bonds is 6. The molecule has 1 fully saturated rings. The summed E-state index contributed by atoms with van der Waals surface area (Å²) in [4.78, 5) is 18.5. The molecule has 0 unspecified atom stereocenters. The Hall–Kier alpha value is -1.98. The molecule has 0 saturated heterocycles. The molecule has 134 valence electrons. The van der Waals surface area contributed by atoms with Gasteiger partial charge in [0, 0.05) is 52.0 Å². The van der Waals surface area contributed by atoms with Crippen LogP contribution in [0.3, 0.4) is 0 Å². The Morgan fingerprint density at radius 2 is 2.00 bits per heavy atom. The summed E-state index contributed by atoms with van der Waals surface area (Å²) in [6.45, 7) is 2.10. The van der Waals surface area contributed by atoms with E-state index in [1.54, 1.807) is 7.05 Å². The van der Waals surface area contributed by atoms with Crippen molar-refractivity contribution in [2.45, 2.75) is 38.6 Å². The molecule has 1 heterocycles. The van der Waals surface area contributed by atoms with Gasteiger partial charge in [0.1, 0.15) is 0 Å². The van der Waals surface area contributed by atoms with Crippen LogP contribution in [-0.4, -0.2) is 48.5 Å². The Labute approximate surface area is 145 Å². The van der Waals surface area contributed by atoms with Crippen molar-refractivity contribution in [2.75, 3.05) is 27.2 Å². The van der Waals surface area contributed by atoms with Gasteiger partial charge >= 0.3 is 0 Å². The quantitative estimate of drug-likeness (QED) is 0.473. The fourth-order valence-corrected chi connectivity index (χ4v) is 3.23. The Bertz CT molecular complexity index is 545. The van der Waals surface area contributed by atoms with Gasteiger partial charge in [-0.25, -0.2) is 0 Å². The molecule has 2 N–H and O–H groups in total. The van der Waals surface area contributed by atoms with Crippen LogP contribution in [0.2, 0.25) is 0 Å². The molecule has 1 saturated carbocycles. The van der Waals surface area contributed by atoms with Crippen LogP contribution in [0.1, 0.15) is 37.8 Å². The SMILES string of the molecule is CN=C(NCCNC(=O)C1CCCCC1)N(C)Cc1cccn1C. The highest BCUT2D eigenvalue weighted by Crippen LogP contribution is 2.23. The van der Waals surface area contributed by atoms with Crippen LogP contribution in [0, 0.1) is 5.92 Å². The molecule has 1 aliphatic rings. The fraction of sp³-hybridized carbons (Fsp3) is 0.667. The van der Waals surface area contributed by atoms with Crippen LogP contribution in [0.25, 0.3) is 0 Å². The Morgan fingerprint density at radius 1 is 1.29 bits per heavy atom. The van der Waals surface area contributed by atoms with Crippen molar-refractivity contribution in [1.29, 1.82) is 0 Å². The van der Waals surface area contributed by atoms with Crippen LogP contribution >= 0.6 is 0 Å². The molecular weight excluding hydrogens is 302 g/mol. The largest absolute Gasteiger partial charge is 0.354 e. The number of hydrogen-bond acceptors (Lipinski definition) is 2. The van der Waals surface area contributed by atoms with Crippen LogP contribution in [-0.2, 0) is 18.4 Å². The van der Waals surface area contributed by atoms with Crippen LogP contribution < -0.4 is 10.6 Å². The van der Waals surface area contributed by atoms with Gasteiger partial charge in [-0.3, -0.25) is 9.79 Å². The van der Waals surface area contributed by atoms with E-state index in [-0.39, 0.29) is 11.8 Å². The molecule has 2 rings (SSSR count). The van der Waals surface area contributed by atoms with Gasteiger partial charge < -0.3 is 20.1 Å². The predicted octanol–water partition coefficient (Wildman–Crippen LogP) is 1.73. The zero-order valence-corrected chi connectivity index (χ0v) is 15.2. The molecule has 1 amide bonds. The first-order valence-electron chi connectivity index (χ1n) is 8.91. The smallest absolute Gasteiger partial charge is 0.223 e. The van der Waals surface area contributed by atoms with E-state index in [0.717, 1.165) is 25.3 Å². The summed E-state index contributed by atoms with van der Waals surface area (Å²) in [5.74, 6) is 1.27. The van der Waals surface area contributed by atoms with E-state index in [0.29, 0.717) is 13.1 Å². The average molecular weight is 333 g/mol. The second kappa shape index (κ2) is 9.35. The molecular formula is C18H31N5O. The van der Waals surface area contributed by atoms with Crippen molar-refractivity contribution < 1.29 is 4.79 Å². The molecule has 0 atom stereocenters. The highest BCUT2D eigenvalue weighted by atomic mass is 16.1. The Morgan fingerprint density at radius 3 is 2.62 bits per heavy atom. The predicted molar refractivity (Wildman–Crippen MR) is 97.8 cm³/mol. The number of amides is 1. The lowest BCUT2D eigenvalue weighted by atomic mass is 9.89. The van der Waals surface area contributed by atoms with E-state index in [1.165, 1.54) is 25.0 Å². The molecule has 0 aliphatic heterocycles. The summed E-state index contributed by atoms with van der Waals surface area (Å²) in [6, 6.07) is 4.15. The van der Waals surface area contributed by atoms with Gasteiger partial charge in [0.2, 0.25) is 5.91 Å². The first-order chi connectivity index (χ1) is 11.6. The molecule has 6 heteroatoms. The maximum Gasteiger partial charge on any atom is 0.223 e. The normalized spacial score (nSPS) is 16.0. The van der Waals surface area contributed by atoms with E-state index < -0.39 is 0 Å². The van der Waals surface area contributed by atoms with Crippen molar-refractivity contribution in [2.24, 2.45) is 18.0 Å². The summed E-state index contributed by atoms with van der Waals surface area (Å²) in [6.07, 6.45) is 7.77. The summed E-state index contributed by atoms with van der Waals surface area (Å²) >= 11 is 0. The maximum absolute atomic E-state index is 12.1. The molecule has 0 spiro atoms. The zero-order chi connectivity index (χ0) is 17.4. The summed E-state index contributed by atoms with van der Waals surface area (Å²) < 4.78 is 2.11. The van der Waals surface area contributed by atoms with E-state index in [2.05, 4.69) is 31.2 Å². The maximum atomic E-state index is 12.1. The Kier molecular flexibility index (Phi) is 7.15. The second-order valence-electron chi connectivity index (χ2n) is 6.57. The third kappa shape index (κ3) is 5.28. The van der Waals surface area contributed by atoms with Gasteiger partial charge in [-0.2, -0.15) is 0 Å². The average Bonchev–Trinajstić information content (AvgIpc) is 3.00. The van der Waals surface area contributed by atoms with Crippen molar-refractivity contribution in [3.63, 3.8) is 0 Å². The lowest BCUT2D eigenvalue weighted by Gasteiger charge is -2.23. The number of aliphatic imine (C=N–C) groups is 1. The zero-order valence-electron chi connectivity index (χ0n) is 15.2. The molecule has 1 aromatic heterocycles. The number of nitrogens with one attached hydrogen (secondary N) is 2. The number of carbonyl (C=O) groups excluding carboxylic acids is 1. The third-order valence-electron chi connectivity index (χ3n) is 4.71. The van der Waals surface area contributed by atoms with E-state index in [4.69, 9.17) is 0 Å². The van der Waals surface area contributed by atoms with Gasteiger partial charge in [0.15, 0.2) is 5.96 Å². The minimum atomic E-state index is 0.212. The van der Waals surface area contributed by atoms with Crippen LogP contribution in [0.4, 0.5) is 0 Å². The monoisotopic (exact) mass is 333 g/mol. The molecule has 1 aliphatic carbocycles. The molecule has 24 heavy (non-hydrogen) atoms. The van der Waals surface area contributed by atoms with E-state index in [9.17, 15) is 4.79 Å². The minimum absolute atomic E-state index is 0.212. The topological polar surface area (TPSA) is 61.7 Å². The number of hydrogen-bond donors (Lipinski definition) is 2. The second-order valence-corrected chi connectivity index (χ2v) is 6.57. The number of aromatic nitrogens is 1. The molecule has 0 bridgehead atoms. The molecule has 1 aromatic rings. The lowest BCUT2D eigenvalue weighted by Crippen LogP contribution is -2.43. The first kappa shape index (κ1) is 18.4. The van der Waals surface area contributed by atoms with Gasteiger partial charge in [-0.1, -0.05) is 19.3 Å². The van der Waals surface area contributed by atoms with Gasteiger partial charge in [-0.15, -0.1) is 0 Å².